The minimum Gasteiger partial charge on any atom is -0.481 e. The largest absolute Gasteiger partial charge is 0.481 e. The van der Waals surface area contributed by atoms with E-state index in [-0.39, 0.29) is 0 Å². The van der Waals surface area contributed by atoms with Gasteiger partial charge < -0.3 is 10.4 Å². The van der Waals surface area contributed by atoms with Crippen LogP contribution in [0.3, 0.4) is 0 Å². The van der Waals surface area contributed by atoms with Gasteiger partial charge >= 0.3 is 5.97 Å². The molecule has 0 fully saturated rings. The summed E-state index contributed by atoms with van der Waals surface area (Å²) >= 11 is 0. The first-order valence-corrected chi connectivity index (χ1v) is 4.35. The summed E-state index contributed by atoms with van der Waals surface area (Å²) in [6, 6.07) is 0. The highest BCUT2D eigenvalue weighted by Crippen LogP contribution is 2.06. The van der Waals surface area contributed by atoms with E-state index in [1.54, 1.807) is 19.3 Å². The summed E-state index contributed by atoms with van der Waals surface area (Å²) in [6.07, 6.45) is 3.17. The molecule has 5 nitrogen and oxygen atoms in total. The minimum atomic E-state index is -0.820. The summed E-state index contributed by atoms with van der Waals surface area (Å²) in [5.41, 5.74) is 0.769. The molecule has 0 spiro atoms. The number of rotatable bonds is 4. The Morgan fingerprint density at radius 3 is 2.79 bits per heavy atom. The second-order valence-corrected chi connectivity index (χ2v) is 3.11. The summed E-state index contributed by atoms with van der Waals surface area (Å²) in [4.78, 5) is 18.6. The Bertz CT molecular complexity index is 328. The van der Waals surface area contributed by atoms with Crippen molar-refractivity contribution in [1.29, 1.82) is 0 Å². The average Bonchev–Trinajstić information content (AvgIpc) is 2.16. The van der Waals surface area contributed by atoms with Crippen molar-refractivity contribution >= 4 is 11.8 Å². The third-order valence-corrected chi connectivity index (χ3v) is 1.88. The molecule has 1 atom stereocenters. The van der Waals surface area contributed by atoms with Crippen LogP contribution >= 0.6 is 0 Å². The van der Waals surface area contributed by atoms with Gasteiger partial charge in [-0.1, -0.05) is 6.92 Å². The monoisotopic (exact) mass is 195 g/mol. The summed E-state index contributed by atoms with van der Waals surface area (Å²) in [5.74, 6) is -0.615. The summed E-state index contributed by atoms with van der Waals surface area (Å²) < 4.78 is 0. The second-order valence-electron chi connectivity index (χ2n) is 3.11. The van der Waals surface area contributed by atoms with Gasteiger partial charge in [0.15, 0.2) is 0 Å². The molecule has 0 radical (unpaired) electrons. The molecule has 0 aliphatic rings. The maximum atomic E-state index is 10.5. The average molecular weight is 195 g/mol. The van der Waals surface area contributed by atoms with E-state index in [0.29, 0.717) is 12.4 Å². The molecule has 1 unspecified atom stereocenters. The van der Waals surface area contributed by atoms with Crippen LogP contribution in [-0.2, 0) is 4.79 Å². The lowest BCUT2D eigenvalue weighted by Crippen LogP contribution is -2.20. The molecule has 1 rings (SSSR count). The molecule has 1 aromatic rings. The highest BCUT2D eigenvalue weighted by molar-refractivity contribution is 5.70. The van der Waals surface area contributed by atoms with Gasteiger partial charge in [-0.15, -0.1) is 0 Å². The third-order valence-electron chi connectivity index (χ3n) is 1.88. The SMILES string of the molecule is Cc1nccnc1NCC(C)C(=O)O. The number of aryl methyl sites for hydroxylation is 1. The zero-order chi connectivity index (χ0) is 10.6. The lowest BCUT2D eigenvalue weighted by atomic mass is 10.2. The molecule has 14 heavy (non-hydrogen) atoms. The van der Waals surface area contributed by atoms with Crippen LogP contribution in [0.2, 0.25) is 0 Å². The molecule has 5 heteroatoms. The molecule has 0 aromatic carbocycles. The predicted molar refractivity (Wildman–Crippen MR) is 52.1 cm³/mol. The number of aliphatic carboxylic acids is 1. The highest BCUT2D eigenvalue weighted by Gasteiger charge is 2.10. The number of carboxylic acid groups (broad SMARTS) is 1. The zero-order valence-electron chi connectivity index (χ0n) is 8.19. The predicted octanol–water partition coefficient (Wildman–Crippen LogP) is 0.918. The number of hydrogen-bond acceptors (Lipinski definition) is 4. The van der Waals surface area contributed by atoms with Crippen LogP contribution in [-0.4, -0.2) is 27.6 Å². The fraction of sp³-hybridized carbons (Fsp3) is 0.444. The van der Waals surface area contributed by atoms with E-state index in [9.17, 15) is 4.79 Å². The Labute approximate surface area is 82.2 Å². The van der Waals surface area contributed by atoms with Gasteiger partial charge in [0.25, 0.3) is 0 Å². The number of anilines is 1. The topological polar surface area (TPSA) is 75.1 Å². The van der Waals surface area contributed by atoms with E-state index >= 15 is 0 Å². The summed E-state index contributed by atoms with van der Waals surface area (Å²) in [6.45, 7) is 3.82. The fourth-order valence-electron chi connectivity index (χ4n) is 0.918. The normalized spacial score (nSPS) is 12.1. The molecule has 0 bridgehead atoms. The van der Waals surface area contributed by atoms with Gasteiger partial charge in [-0.05, 0) is 6.92 Å². The van der Waals surface area contributed by atoms with Crippen LogP contribution in [0, 0.1) is 12.8 Å². The van der Waals surface area contributed by atoms with Crippen LogP contribution < -0.4 is 5.32 Å². The molecule has 0 aliphatic carbocycles. The first kappa shape index (κ1) is 10.4. The number of nitrogens with one attached hydrogen (secondary N) is 1. The van der Waals surface area contributed by atoms with Gasteiger partial charge in [-0.25, -0.2) is 4.98 Å². The molecule has 0 amide bonds. The Morgan fingerprint density at radius 2 is 2.21 bits per heavy atom. The van der Waals surface area contributed by atoms with Crippen molar-refractivity contribution in [3.8, 4) is 0 Å². The lowest BCUT2D eigenvalue weighted by molar-refractivity contribution is -0.140. The second kappa shape index (κ2) is 4.55. The fourth-order valence-corrected chi connectivity index (χ4v) is 0.918. The van der Waals surface area contributed by atoms with Crippen LogP contribution in [0.15, 0.2) is 12.4 Å². The standard InChI is InChI=1S/C9H13N3O2/c1-6(9(13)14)5-12-8-7(2)10-3-4-11-8/h3-4,6H,5H2,1-2H3,(H,11,12)(H,13,14). The van der Waals surface area contributed by atoms with E-state index in [1.807, 2.05) is 6.92 Å². The Balaban J connectivity index is 2.54. The van der Waals surface area contributed by atoms with Crippen molar-refractivity contribution in [2.45, 2.75) is 13.8 Å². The van der Waals surface area contributed by atoms with Crippen LogP contribution in [0.4, 0.5) is 5.82 Å². The smallest absolute Gasteiger partial charge is 0.308 e. The van der Waals surface area contributed by atoms with Gasteiger partial charge in [-0.2, -0.15) is 0 Å². The van der Waals surface area contributed by atoms with Crippen molar-refractivity contribution < 1.29 is 9.90 Å². The summed E-state index contributed by atoms with van der Waals surface area (Å²) in [7, 11) is 0. The van der Waals surface area contributed by atoms with E-state index in [4.69, 9.17) is 5.11 Å². The number of nitrogens with zero attached hydrogens (tertiary/aromatic N) is 2. The highest BCUT2D eigenvalue weighted by atomic mass is 16.4. The summed E-state index contributed by atoms with van der Waals surface area (Å²) in [5, 5.41) is 11.6. The van der Waals surface area contributed by atoms with Crippen LogP contribution in [0.25, 0.3) is 0 Å². The van der Waals surface area contributed by atoms with Crippen molar-refractivity contribution in [3.63, 3.8) is 0 Å². The van der Waals surface area contributed by atoms with Gasteiger partial charge in [0.1, 0.15) is 5.82 Å². The van der Waals surface area contributed by atoms with E-state index < -0.39 is 11.9 Å². The molecule has 1 heterocycles. The van der Waals surface area contributed by atoms with Crippen molar-refractivity contribution in [3.05, 3.63) is 18.1 Å². The first-order chi connectivity index (χ1) is 6.61. The van der Waals surface area contributed by atoms with E-state index in [2.05, 4.69) is 15.3 Å². The molecular formula is C9H13N3O2. The number of carboxylic acids is 1. The first-order valence-electron chi connectivity index (χ1n) is 4.35. The molecule has 0 saturated carbocycles. The molecule has 76 valence electrons. The lowest BCUT2D eigenvalue weighted by Gasteiger charge is -2.09. The van der Waals surface area contributed by atoms with E-state index in [1.165, 1.54) is 0 Å². The number of carbonyl (C=O) groups is 1. The van der Waals surface area contributed by atoms with Crippen molar-refractivity contribution in [2.75, 3.05) is 11.9 Å². The van der Waals surface area contributed by atoms with Gasteiger partial charge in [0, 0.05) is 18.9 Å². The van der Waals surface area contributed by atoms with Crippen molar-refractivity contribution in [1.82, 2.24) is 9.97 Å². The van der Waals surface area contributed by atoms with Gasteiger partial charge in [0.05, 0.1) is 11.6 Å². The van der Waals surface area contributed by atoms with Crippen molar-refractivity contribution in [2.24, 2.45) is 5.92 Å². The molecule has 2 N–H and O–H groups in total. The van der Waals surface area contributed by atoms with E-state index in [0.717, 1.165) is 5.69 Å². The Morgan fingerprint density at radius 1 is 1.57 bits per heavy atom. The zero-order valence-corrected chi connectivity index (χ0v) is 8.19. The number of aromatic nitrogens is 2. The maximum absolute atomic E-state index is 10.5. The van der Waals surface area contributed by atoms with Crippen LogP contribution in [0.1, 0.15) is 12.6 Å². The molecular weight excluding hydrogens is 182 g/mol. The maximum Gasteiger partial charge on any atom is 0.308 e. The third kappa shape index (κ3) is 2.69. The minimum absolute atomic E-state index is 0.356. The Kier molecular flexibility index (Phi) is 3.39. The molecule has 1 aromatic heterocycles. The quantitative estimate of drug-likeness (QED) is 0.747. The molecule has 0 saturated heterocycles. The Hall–Kier alpha value is -1.65. The van der Waals surface area contributed by atoms with Crippen LogP contribution in [0.5, 0.6) is 0 Å². The molecule has 0 aliphatic heterocycles. The van der Waals surface area contributed by atoms with Gasteiger partial charge in [0.2, 0.25) is 0 Å². The number of hydrogen-bond donors (Lipinski definition) is 2. The van der Waals surface area contributed by atoms with Gasteiger partial charge in [-0.3, -0.25) is 9.78 Å².